The highest BCUT2D eigenvalue weighted by atomic mass is 35.5. The molecule has 0 aromatic heterocycles. The predicted octanol–water partition coefficient (Wildman–Crippen LogP) is 2.82. The summed E-state index contributed by atoms with van der Waals surface area (Å²) in [6.07, 6.45) is -0.0663. The number of hydrogen-bond donors (Lipinski definition) is 0. The van der Waals surface area contributed by atoms with Crippen molar-refractivity contribution < 1.29 is 9.53 Å². The van der Waals surface area contributed by atoms with Crippen LogP contribution in [-0.2, 0) is 14.9 Å². The van der Waals surface area contributed by atoms with Crippen LogP contribution in [0.15, 0.2) is 30.3 Å². The van der Waals surface area contributed by atoms with Crippen LogP contribution < -0.4 is 0 Å². The van der Waals surface area contributed by atoms with Crippen molar-refractivity contribution in [3.8, 4) is 0 Å². The largest absolute Gasteiger partial charge is 0.373 e. The summed E-state index contributed by atoms with van der Waals surface area (Å²) in [4.78, 5) is 14.8. The molecule has 0 radical (unpaired) electrons. The summed E-state index contributed by atoms with van der Waals surface area (Å²) in [5.41, 5.74) is 0.495. The third kappa shape index (κ3) is 2.99. The molecule has 0 N–H and O–H groups in total. The molecular formula is C16H22ClNO2. The van der Waals surface area contributed by atoms with Crippen LogP contribution >= 0.6 is 11.6 Å². The first kappa shape index (κ1) is 15.3. The summed E-state index contributed by atoms with van der Waals surface area (Å²) in [6, 6.07) is 9.99. The van der Waals surface area contributed by atoms with Crippen LogP contribution in [0.1, 0.15) is 26.3 Å². The number of morpholine rings is 1. The number of halogens is 1. The van der Waals surface area contributed by atoms with Gasteiger partial charge in [-0.05, 0) is 26.3 Å². The van der Waals surface area contributed by atoms with Crippen molar-refractivity contribution in [1.82, 2.24) is 4.90 Å². The fourth-order valence-corrected chi connectivity index (χ4v) is 2.72. The first-order chi connectivity index (χ1) is 9.46. The molecule has 0 saturated carbocycles. The second-order valence-corrected chi connectivity index (χ2v) is 6.22. The average molecular weight is 296 g/mol. The minimum absolute atomic E-state index is 0.0663. The monoisotopic (exact) mass is 295 g/mol. The molecule has 1 heterocycles. The van der Waals surface area contributed by atoms with Crippen molar-refractivity contribution in [1.29, 1.82) is 0 Å². The lowest BCUT2D eigenvalue weighted by Gasteiger charge is -2.41. The van der Waals surface area contributed by atoms with Crippen LogP contribution in [0.25, 0.3) is 0 Å². The molecular weight excluding hydrogens is 274 g/mol. The van der Waals surface area contributed by atoms with Crippen LogP contribution in [0, 0.1) is 0 Å². The minimum Gasteiger partial charge on any atom is -0.373 e. The van der Waals surface area contributed by atoms with Crippen LogP contribution in [0.5, 0.6) is 0 Å². The van der Waals surface area contributed by atoms with E-state index >= 15 is 0 Å². The Morgan fingerprint density at radius 1 is 1.40 bits per heavy atom. The van der Waals surface area contributed by atoms with Gasteiger partial charge in [0.2, 0.25) is 5.91 Å². The van der Waals surface area contributed by atoms with Crippen molar-refractivity contribution in [3.63, 3.8) is 0 Å². The van der Waals surface area contributed by atoms with Crippen molar-refractivity contribution in [2.45, 2.75) is 38.3 Å². The smallest absolute Gasteiger partial charge is 0.233 e. The summed E-state index contributed by atoms with van der Waals surface area (Å²) in [7, 11) is 0. The van der Waals surface area contributed by atoms with E-state index in [-0.39, 0.29) is 18.1 Å². The third-order valence-corrected chi connectivity index (χ3v) is 4.31. The summed E-state index contributed by atoms with van der Waals surface area (Å²) in [5.74, 6) is 0.553. The molecule has 20 heavy (non-hydrogen) atoms. The van der Waals surface area contributed by atoms with Gasteiger partial charge in [-0.3, -0.25) is 4.79 Å². The zero-order valence-corrected chi connectivity index (χ0v) is 13.1. The Morgan fingerprint density at radius 3 is 2.65 bits per heavy atom. The van der Waals surface area contributed by atoms with Gasteiger partial charge in [0.05, 0.1) is 30.0 Å². The van der Waals surface area contributed by atoms with Gasteiger partial charge >= 0.3 is 0 Å². The zero-order valence-electron chi connectivity index (χ0n) is 12.3. The first-order valence-corrected chi connectivity index (χ1v) is 7.54. The molecule has 3 nitrogen and oxygen atoms in total. The molecule has 1 aliphatic rings. The number of benzene rings is 1. The van der Waals surface area contributed by atoms with Gasteiger partial charge in [0.15, 0.2) is 0 Å². The van der Waals surface area contributed by atoms with Crippen LogP contribution in [-0.4, -0.2) is 42.0 Å². The van der Waals surface area contributed by atoms with Crippen molar-refractivity contribution >= 4 is 17.5 Å². The molecule has 1 saturated heterocycles. The van der Waals surface area contributed by atoms with Crippen LogP contribution in [0.4, 0.5) is 0 Å². The summed E-state index contributed by atoms with van der Waals surface area (Å²) < 4.78 is 5.61. The second-order valence-electron chi connectivity index (χ2n) is 5.91. The number of rotatable bonds is 3. The molecule has 0 bridgehead atoms. The molecule has 1 amide bonds. The van der Waals surface area contributed by atoms with Gasteiger partial charge in [0.25, 0.3) is 0 Å². The van der Waals surface area contributed by atoms with E-state index in [1.165, 1.54) is 0 Å². The second kappa shape index (κ2) is 6.15. The quantitative estimate of drug-likeness (QED) is 0.803. The minimum atomic E-state index is -0.538. The maximum Gasteiger partial charge on any atom is 0.233 e. The van der Waals surface area contributed by atoms with E-state index in [1.54, 1.807) is 0 Å². The molecule has 1 aromatic rings. The van der Waals surface area contributed by atoms with Crippen molar-refractivity contribution in [3.05, 3.63) is 35.9 Å². The maximum atomic E-state index is 12.9. The van der Waals surface area contributed by atoms with Crippen molar-refractivity contribution in [2.24, 2.45) is 0 Å². The Morgan fingerprint density at radius 2 is 2.05 bits per heavy atom. The van der Waals surface area contributed by atoms with Gasteiger partial charge in [-0.1, -0.05) is 30.3 Å². The zero-order chi connectivity index (χ0) is 14.8. The summed E-state index contributed by atoms with van der Waals surface area (Å²) >= 11 is 5.87. The average Bonchev–Trinajstić information content (AvgIpc) is 2.48. The maximum absolute atomic E-state index is 12.9. The number of carbonyl (C=O) groups excluding carboxylic acids is 1. The van der Waals surface area contributed by atoms with Crippen LogP contribution in [0.2, 0.25) is 0 Å². The number of hydrogen-bond acceptors (Lipinski definition) is 2. The van der Waals surface area contributed by atoms with Gasteiger partial charge in [-0.2, -0.15) is 0 Å². The molecule has 0 aliphatic carbocycles. The van der Waals surface area contributed by atoms with E-state index < -0.39 is 5.41 Å². The van der Waals surface area contributed by atoms with Crippen LogP contribution in [0.3, 0.4) is 0 Å². The Kier molecular flexibility index (Phi) is 4.71. The molecule has 0 spiro atoms. The number of ether oxygens (including phenoxy) is 1. The Labute approximate surface area is 125 Å². The van der Waals surface area contributed by atoms with Gasteiger partial charge < -0.3 is 9.64 Å². The summed E-state index contributed by atoms with van der Waals surface area (Å²) in [5, 5.41) is 0. The molecule has 2 atom stereocenters. The van der Waals surface area contributed by atoms with E-state index in [0.717, 1.165) is 5.56 Å². The molecule has 1 fully saturated rings. The molecule has 2 rings (SSSR count). The van der Waals surface area contributed by atoms with E-state index in [4.69, 9.17) is 16.3 Å². The summed E-state index contributed by atoms with van der Waals surface area (Å²) in [6.45, 7) is 7.09. The van der Waals surface area contributed by atoms with E-state index in [2.05, 4.69) is 0 Å². The lowest BCUT2D eigenvalue weighted by molar-refractivity contribution is -0.148. The molecule has 1 aromatic carbocycles. The standard InChI is InChI=1S/C16H22ClNO2/c1-12-11-20-14(9-17)10-18(12)15(19)16(2,3)13-7-5-4-6-8-13/h4-8,12,14H,9-11H2,1-3H3. The van der Waals surface area contributed by atoms with E-state index in [9.17, 15) is 4.79 Å². The Balaban J connectivity index is 2.21. The Hall–Kier alpha value is -1.06. The molecule has 1 aliphatic heterocycles. The number of carbonyl (C=O) groups is 1. The molecule has 110 valence electrons. The number of nitrogens with zero attached hydrogens (tertiary/aromatic N) is 1. The number of alkyl halides is 1. The highest BCUT2D eigenvalue weighted by molar-refractivity contribution is 6.18. The SMILES string of the molecule is CC1COC(CCl)CN1C(=O)C(C)(C)c1ccccc1. The van der Waals surface area contributed by atoms with Gasteiger partial charge in [-0.25, -0.2) is 0 Å². The highest BCUT2D eigenvalue weighted by Gasteiger charge is 2.38. The van der Waals surface area contributed by atoms with Crippen molar-refractivity contribution in [2.75, 3.05) is 19.0 Å². The number of amides is 1. The fourth-order valence-electron chi connectivity index (χ4n) is 2.53. The van der Waals surface area contributed by atoms with Gasteiger partial charge in [-0.15, -0.1) is 11.6 Å². The lowest BCUT2D eigenvalue weighted by Crippen LogP contribution is -2.56. The topological polar surface area (TPSA) is 29.5 Å². The van der Waals surface area contributed by atoms with E-state index in [1.807, 2.05) is 56.0 Å². The van der Waals surface area contributed by atoms with E-state index in [0.29, 0.717) is 19.0 Å². The third-order valence-electron chi connectivity index (χ3n) is 3.97. The normalized spacial score (nSPS) is 23.7. The predicted molar refractivity (Wildman–Crippen MR) is 81.1 cm³/mol. The highest BCUT2D eigenvalue weighted by Crippen LogP contribution is 2.28. The first-order valence-electron chi connectivity index (χ1n) is 7.01. The molecule has 2 unspecified atom stereocenters. The molecule has 4 heteroatoms. The lowest BCUT2D eigenvalue weighted by atomic mass is 9.82. The Bertz CT molecular complexity index is 461. The van der Waals surface area contributed by atoms with Gasteiger partial charge in [0, 0.05) is 6.54 Å². The van der Waals surface area contributed by atoms with Gasteiger partial charge in [0.1, 0.15) is 0 Å². The fraction of sp³-hybridized carbons (Fsp3) is 0.562.